The van der Waals surface area contributed by atoms with Gasteiger partial charge in [0.05, 0.1) is 0 Å². The van der Waals surface area contributed by atoms with Crippen LogP contribution in [0.5, 0.6) is 0 Å². The summed E-state index contributed by atoms with van der Waals surface area (Å²) in [5.74, 6) is 0. The maximum Gasteiger partial charge on any atom is 0.194 e. The quantitative estimate of drug-likeness (QED) is 0.187. The van der Waals surface area contributed by atoms with Crippen LogP contribution in [-0.2, 0) is 0 Å². The van der Waals surface area contributed by atoms with Gasteiger partial charge in [0, 0.05) is 50.8 Å². The molecule has 2 nitrogen and oxygen atoms in total. The molecule has 0 amide bonds. The summed E-state index contributed by atoms with van der Waals surface area (Å²) in [7, 11) is 0. The first-order valence-corrected chi connectivity index (χ1v) is 18.5. The van der Waals surface area contributed by atoms with Crippen molar-refractivity contribution >= 4 is 88.4 Å². The minimum Gasteiger partial charge on any atom is -0.289 e. The molecule has 6 heteroatoms. The fourth-order valence-corrected chi connectivity index (χ4v) is 11.1. The highest BCUT2D eigenvalue weighted by Crippen LogP contribution is 2.43. The van der Waals surface area contributed by atoms with Crippen molar-refractivity contribution in [3.8, 4) is 40.4 Å². The van der Waals surface area contributed by atoms with Crippen molar-refractivity contribution in [3.63, 3.8) is 0 Å². The van der Waals surface area contributed by atoms with Crippen molar-refractivity contribution in [1.29, 1.82) is 0 Å². The minimum absolute atomic E-state index is 0.0287. The highest BCUT2D eigenvalue weighted by molar-refractivity contribution is 7.24. The Hall–Kier alpha value is -4.20. The average molecular weight is 667 g/mol. The topological polar surface area (TPSA) is 34.1 Å². The summed E-state index contributed by atoms with van der Waals surface area (Å²) in [5, 5.41) is 10.7. The smallest absolute Gasteiger partial charge is 0.194 e. The number of rotatable bonds is 4. The third-order valence-corrected chi connectivity index (χ3v) is 14.1. The average Bonchev–Trinajstić information content (AvgIpc) is 3.90. The van der Waals surface area contributed by atoms with Gasteiger partial charge in [0.1, 0.15) is 0 Å². The molecule has 5 aromatic carbocycles. The molecule has 0 atom stereocenters. The fourth-order valence-electron chi connectivity index (χ4n) is 6.83. The molecule has 222 valence electrons. The number of aryl methyl sites for hydroxylation is 4. The number of fused-ring (bicyclic) bond motifs is 6. The largest absolute Gasteiger partial charge is 0.289 e. The van der Waals surface area contributed by atoms with E-state index in [0.29, 0.717) is 21.5 Å². The lowest BCUT2D eigenvalue weighted by Gasteiger charge is -2.01. The van der Waals surface area contributed by atoms with E-state index in [1.807, 2.05) is 24.3 Å². The number of benzene rings is 3. The Labute approximate surface area is 281 Å². The zero-order chi connectivity index (χ0) is 31.4. The second-order valence-electron chi connectivity index (χ2n) is 12.3. The Bertz CT molecular complexity index is 2600. The van der Waals surface area contributed by atoms with E-state index >= 15 is 0 Å². The highest BCUT2D eigenvalue weighted by atomic mass is 32.1. The first-order valence-electron chi connectivity index (χ1n) is 15.1. The molecule has 0 saturated carbocycles. The van der Waals surface area contributed by atoms with Crippen molar-refractivity contribution < 1.29 is 0 Å². The van der Waals surface area contributed by atoms with Crippen molar-refractivity contribution in [2.45, 2.75) is 27.7 Å². The Balaban J connectivity index is 1.16. The van der Waals surface area contributed by atoms with Gasteiger partial charge in [-0.2, -0.15) is 0 Å². The van der Waals surface area contributed by atoms with Gasteiger partial charge in [-0.05, 0) is 142 Å². The lowest BCUT2D eigenvalue weighted by molar-refractivity contribution is 1.54. The SMILES string of the molecule is Cc1csc(-c2cc(C)c(-c3ccc4c(c3)c(=O)c3cc5c(cc34)c(=O)c3cc(-c4sc(-c6cc(C)cs6)cc4C)ccc35)s2)c1. The molecule has 0 aliphatic carbocycles. The summed E-state index contributed by atoms with van der Waals surface area (Å²) in [4.78, 5) is 35.2. The van der Waals surface area contributed by atoms with E-state index in [1.165, 1.54) is 51.5 Å². The van der Waals surface area contributed by atoms with Crippen molar-refractivity contribution in [3.05, 3.63) is 126 Å². The molecule has 0 spiro atoms. The maximum absolute atomic E-state index is 13.9. The normalized spacial score (nSPS) is 12.1. The van der Waals surface area contributed by atoms with E-state index in [4.69, 9.17) is 0 Å². The predicted octanol–water partition coefficient (Wildman–Crippen LogP) is 12.0. The zero-order valence-corrected chi connectivity index (χ0v) is 28.8. The molecule has 0 unspecified atom stereocenters. The number of hydrogen-bond donors (Lipinski definition) is 0. The predicted molar refractivity (Wildman–Crippen MR) is 204 cm³/mol. The Morgan fingerprint density at radius 1 is 0.413 bits per heavy atom. The highest BCUT2D eigenvalue weighted by Gasteiger charge is 2.19. The van der Waals surface area contributed by atoms with Crippen LogP contribution in [0.3, 0.4) is 0 Å². The van der Waals surface area contributed by atoms with Gasteiger partial charge in [-0.3, -0.25) is 9.59 Å². The molecule has 46 heavy (non-hydrogen) atoms. The van der Waals surface area contributed by atoms with Gasteiger partial charge in [0.25, 0.3) is 0 Å². The Morgan fingerprint density at radius 2 is 0.826 bits per heavy atom. The molecule has 0 N–H and O–H groups in total. The fraction of sp³-hybridized carbons (Fsp3) is 0.100. The lowest BCUT2D eigenvalue weighted by atomic mass is 10.0. The third kappa shape index (κ3) is 4.17. The van der Waals surface area contributed by atoms with E-state index < -0.39 is 0 Å². The van der Waals surface area contributed by atoms with Gasteiger partial charge in [0.15, 0.2) is 10.9 Å². The second-order valence-corrected chi connectivity index (χ2v) is 16.3. The monoisotopic (exact) mass is 666 g/mol. The van der Waals surface area contributed by atoms with Crippen LogP contribution in [0.1, 0.15) is 22.3 Å². The summed E-state index contributed by atoms with van der Waals surface area (Å²) >= 11 is 7.09. The van der Waals surface area contributed by atoms with Gasteiger partial charge in [0.2, 0.25) is 0 Å². The molecule has 0 fully saturated rings. The first-order chi connectivity index (χ1) is 22.2. The minimum atomic E-state index is 0.0287. The molecule has 4 heterocycles. The molecule has 0 radical (unpaired) electrons. The molecular formula is C40H26O2S4. The molecule has 4 aromatic heterocycles. The van der Waals surface area contributed by atoms with E-state index in [9.17, 15) is 9.59 Å². The van der Waals surface area contributed by atoms with E-state index in [2.05, 4.69) is 87.0 Å². The van der Waals surface area contributed by atoms with Gasteiger partial charge in [-0.15, -0.1) is 45.3 Å². The van der Waals surface area contributed by atoms with E-state index in [1.54, 1.807) is 45.3 Å². The molecule has 0 aliphatic heterocycles. The Kier molecular flexibility index (Phi) is 6.19. The van der Waals surface area contributed by atoms with Gasteiger partial charge < -0.3 is 0 Å². The molecule has 0 bridgehead atoms. The molecule has 0 aliphatic rings. The van der Waals surface area contributed by atoms with E-state index in [-0.39, 0.29) is 10.9 Å². The summed E-state index contributed by atoms with van der Waals surface area (Å²) in [6, 6.07) is 25.3. The van der Waals surface area contributed by atoms with Crippen molar-refractivity contribution in [2.75, 3.05) is 0 Å². The van der Waals surface area contributed by atoms with Crippen LogP contribution in [0, 0.1) is 27.7 Å². The summed E-state index contributed by atoms with van der Waals surface area (Å²) in [6.07, 6.45) is 0. The molecule has 0 saturated heterocycles. The summed E-state index contributed by atoms with van der Waals surface area (Å²) < 4.78 is 0. The summed E-state index contributed by atoms with van der Waals surface area (Å²) in [5.41, 5.74) is 7.16. The van der Waals surface area contributed by atoms with Crippen LogP contribution in [0.15, 0.2) is 93.1 Å². The van der Waals surface area contributed by atoms with Crippen LogP contribution in [0.4, 0.5) is 0 Å². The van der Waals surface area contributed by atoms with Gasteiger partial charge in [-0.25, -0.2) is 0 Å². The number of hydrogen-bond acceptors (Lipinski definition) is 6. The van der Waals surface area contributed by atoms with Crippen molar-refractivity contribution in [2.24, 2.45) is 0 Å². The van der Waals surface area contributed by atoms with Crippen LogP contribution in [0.25, 0.3) is 83.5 Å². The first kappa shape index (κ1) is 28.1. The molecule has 9 rings (SSSR count). The summed E-state index contributed by atoms with van der Waals surface area (Å²) in [6.45, 7) is 8.53. The van der Waals surface area contributed by atoms with Crippen LogP contribution < -0.4 is 10.9 Å². The van der Waals surface area contributed by atoms with E-state index in [0.717, 1.165) is 32.7 Å². The standard InChI is InChI=1S/C40H26O2S4/c1-19-9-33(43-17-19)35-11-21(3)39(45-35)23-5-7-25-27-15-32-28(16-31(27)37(41)29(25)13-23)26-8-6-24(14-30(26)38(32)42)40-22(4)12-36(46-40)34-10-20(2)18-44-34/h5-18H,1-4H3. The molecular weight excluding hydrogens is 641 g/mol. The van der Waals surface area contributed by atoms with Gasteiger partial charge >= 0.3 is 0 Å². The lowest BCUT2D eigenvalue weighted by Crippen LogP contribution is -1.95. The second kappa shape index (κ2) is 10.1. The van der Waals surface area contributed by atoms with Gasteiger partial charge in [-0.1, -0.05) is 24.3 Å². The molecule has 9 aromatic rings. The van der Waals surface area contributed by atoms with Crippen molar-refractivity contribution in [1.82, 2.24) is 0 Å². The van der Waals surface area contributed by atoms with Crippen LogP contribution in [-0.4, -0.2) is 0 Å². The zero-order valence-electron chi connectivity index (χ0n) is 25.5. The maximum atomic E-state index is 13.9. The number of thiophene rings is 4. The van der Waals surface area contributed by atoms with Crippen LogP contribution >= 0.6 is 45.3 Å². The third-order valence-electron chi connectivity index (χ3n) is 9.06. The Morgan fingerprint density at radius 3 is 1.22 bits per heavy atom. The van der Waals surface area contributed by atoms with Crippen LogP contribution in [0.2, 0.25) is 0 Å².